The maximum absolute atomic E-state index is 12.3. The highest BCUT2D eigenvalue weighted by Gasteiger charge is 2.21. The lowest BCUT2D eigenvalue weighted by Gasteiger charge is -2.33. The van der Waals surface area contributed by atoms with Crippen molar-refractivity contribution in [3.05, 3.63) is 35.4 Å². The van der Waals surface area contributed by atoms with E-state index in [4.69, 9.17) is 4.74 Å². The Bertz CT molecular complexity index is 577. The topological polar surface area (TPSA) is 58.6 Å². The molecule has 2 rings (SSSR count). The van der Waals surface area contributed by atoms with E-state index in [-0.39, 0.29) is 12.0 Å². The molecule has 24 heavy (non-hydrogen) atoms. The fourth-order valence-corrected chi connectivity index (χ4v) is 3.58. The molecule has 2 atom stereocenters. The van der Waals surface area contributed by atoms with Gasteiger partial charge in [0.25, 0.3) is 5.91 Å². The molecular formula is C18H28N2O3S. The molecule has 0 bridgehead atoms. The van der Waals surface area contributed by atoms with Crippen LogP contribution in [0.3, 0.4) is 0 Å². The molecule has 1 aromatic rings. The normalized spacial score (nSPS) is 20.1. The van der Waals surface area contributed by atoms with Crippen LogP contribution in [0.5, 0.6) is 0 Å². The van der Waals surface area contributed by atoms with Crippen molar-refractivity contribution in [1.29, 1.82) is 0 Å². The summed E-state index contributed by atoms with van der Waals surface area (Å²) in [6.07, 6.45) is 1.70. The van der Waals surface area contributed by atoms with Crippen molar-refractivity contribution < 1.29 is 13.7 Å². The quantitative estimate of drug-likeness (QED) is 0.811. The van der Waals surface area contributed by atoms with Crippen LogP contribution in [0.15, 0.2) is 24.3 Å². The molecule has 0 aromatic heterocycles. The van der Waals surface area contributed by atoms with Gasteiger partial charge in [-0.25, -0.2) is 0 Å². The number of morpholine rings is 1. The summed E-state index contributed by atoms with van der Waals surface area (Å²) >= 11 is 0. The molecule has 1 N–H and O–H groups in total. The molecule has 134 valence electrons. The highest BCUT2D eigenvalue weighted by atomic mass is 32.2. The molecule has 0 radical (unpaired) electrons. The number of nitrogens with zero attached hydrogens (tertiary/aromatic N) is 1. The van der Waals surface area contributed by atoms with Crippen molar-refractivity contribution in [3.8, 4) is 0 Å². The van der Waals surface area contributed by atoms with Crippen molar-refractivity contribution in [3.63, 3.8) is 0 Å². The van der Waals surface area contributed by atoms with Gasteiger partial charge in [0.15, 0.2) is 0 Å². The molecule has 1 aliphatic heterocycles. The second-order valence-corrected chi connectivity index (χ2v) is 8.21. The molecule has 1 fully saturated rings. The van der Waals surface area contributed by atoms with Crippen LogP contribution in [0.1, 0.15) is 29.8 Å². The number of nitrogens with one attached hydrogen (secondary N) is 1. The first-order valence-electron chi connectivity index (χ1n) is 8.45. The number of rotatable bonds is 7. The maximum atomic E-state index is 12.3. The third-order valence-electron chi connectivity index (χ3n) is 3.90. The molecule has 0 saturated carbocycles. The second kappa shape index (κ2) is 9.30. The molecule has 1 amide bonds. The summed E-state index contributed by atoms with van der Waals surface area (Å²) in [5.74, 6) is 0.991. The zero-order valence-corrected chi connectivity index (χ0v) is 15.6. The number of carbonyl (C=O) groups is 1. The maximum Gasteiger partial charge on any atom is 0.251 e. The standard InChI is InChI=1S/C18H28N2O3S/c1-14(2)11-20-7-8-23-17(12-20)10-19-18(21)16-6-4-5-15(9-16)13-24(3)22/h4-6,9,14,17H,7-8,10-13H2,1-3H3,(H,19,21). The molecule has 0 aliphatic carbocycles. The zero-order chi connectivity index (χ0) is 17.5. The third-order valence-corrected chi connectivity index (χ3v) is 4.64. The van der Waals surface area contributed by atoms with Gasteiger partial charge in [0.2, 0.25) is 0 Å². The zero-order valence-electron chi connectivity index (χ0n) is 14.8. The Kier molecular flexibility index (Phi) is 7.40. The van der Waals surface area contributed by atoms with E-state index in [0.717, 1.165) is 25.2 Å². The second-order valence-electron chi connectivity index (χ2n) is 6.77. The van der Waals surface area contributed by atoms with Gasteiger partial charge in [-0.05, 0) is 23.6 Å². The van der Waals surface area contributed by atoms with E-state index in [1.54, 1.807) is 12.3 Å². The molecular weight excluding hydrogens is 324 g/mol. The Morgan fingerprint density at radius 1 is 1.46 bits per heavy atom. The van der Waals surface area contributed by atoms with Gasteiger partial charge in [0, 0.05) is 54.6 Å². The lowest BCUT2D eigenvalue weighted by atomic mass is 10.1. The fraction of sp³-hybridized carbons (Fsp3) is 0.611. The predicted molar refractivity (Wildman–Crippen MR) is 97.6 cm³/mol. The number of benzene rings is 1. The number of carbonyl (C=O) groups excluding carboxylic acids is 1. The van der Waals surface area contributed by atoms with Crippen LogP contribution in [0.4, 0.5) is 0 Å². The van der Waals surface area contributed by atoms with E-state index in [0.29, 0.717) is 30.4 Å². The van der Waals surface area contributed by atoms with Gasteiger partial charge in [-0.3, -0.25) is 13.9 Å². The minimum Gasteiger partial charge on any atom is -0.374 e. The molecule has 1 heterocycles. The number of hydrogen-bond donors (Lipinski definition) is 1. The van der Waals surface area contributed by atoms with Crippen molar-refractivity contribution in [2.24, 2.45) is 5.92 Å². The number of hydrogen-bond acceptors (Lipinski definition) is 4. The van der Waals surface area contributed by atoms with Gasteiger partial charge in [-0.1, -0.05) is 26.0 Å². The first kappa shape index (κ1) is 19.1. The molecule has 5 nitrogen and oxygen atoms in total. The highest BCUT2D eigenvalue weighted by molar-refractivity contribution is 7.83. The van der Waals surface area contributed by atoms with Crippen molar-refractivity contribution in [1.82, 2.24) is 10.2 Å². The summed E-state index contributed by atoms with van der Waals surface area (Å²) in [7, 11) is -0.912. The van der Waals surface area contributed by atoms with Crippen LogP contribution in [0.2, 0.25) is 0 Å². The molecule has 6 heteroatoms. The highest BCUT2D eigenvalue weighted by Crippen LogP contribution is 2.09. The molecule has 1 aromatic carbocycles. The van der Waals surface area contributed by atoms with Gasteiger partial charge < -0.3 is 10.1 Å². The summed E-state index contributed by atoms with van der Waals surface area (Å²) in [5.41, 5.74) is 1.52. The van der Waals surface area contributed by atoms with E-state index >= 15 is 0 Å². The van der Waals surface area contributed by atoms with Crippen LogP contribution < -0.4 is 5.32 Å². The average Bonchev–Trinajstić information content (AvgIpc) is 2.52. The molecule has 1 aliphatic rings. The Morgan fingerprint density at radius 2 is 2.25 bits per heavy atom. The fourth-order valence-electron chi connectivity index (χ4n) is 2.93. The summed E-state index contributed by atoms with van der Waals surface area (Å²) in [6.45, 7) is 8.52. The summed E-state index contributed by atoms with van der Waals surface area (Å²) < 4.78 is 17.1. The van der Waals surface area contributed by atoms with Crippen LogP contribution in [0, 0.1) is 5.92 Å². The van der Waals surface area contributed by atoms with Gasteiger partial charge in [0.1, 0.15) is 0 Å². The van der Waals surface area contributed by atoms with Crippen LogP contribution in [-0.2, 0) is 21.3 Å². The van der Waals surface area contributed by atoms with Crippen molar-refractivity contribution in [2.75, 3.05) is 39.0 Å². The Hall–Kier alpha value is -1.24. The Balaban J connectivity index is 1.85. The SMILES string of the molecule is CC(C)CN1CCOC(CNC(=O)c2cccc(CS(C)=O)c2)C1. The smallest absolute Gasteiger partial charge is 0.251 e. The van der Waals surface area contributed by atoms with Crippen molar-refractivity contribution in [2.45, 2.75) is 25.7 Å². The Labute approximate surface area is 147 Å². The van der Waals surface area contributed by atoms with E-state index in [1.165, 1.54) is 0 Å². The number of amides is 1. The minimum absolute atomic E-state index is 0.0350. The van der Waals surface area contributed by atoms with E-state index in [1.807, 2.05) is 18.2 Å². The Morgan fingerprint density at radius 3 is 2.96 bits per heavy atom. The largest absolute Gasteiger partial charge is 0.374 e. The lowest BCUT2D eigenvalue weighted by Crippen LogP contribution is -2.48. The molecule has 2 unspecified atom stereocenters. The third kappa shape index (κ3) is 6.34. The molecule has 0 spiro atoms. The van der Waals surface area contributed by atoms with Crippen LogP contribution >= 0.6 is 0 Å². The van der Waals surface area contributed by atoms with Crippen molar-refractivity contribution >= 4 is 16.7 Å². The van der Waals surface area contributed by atoms with Crippen LogP contribution in [-0.4, -0.2) is 60.2 Å². The van der Waals surface area contributed by atoms with E-state index in [2.05, 4.69) is 24.1 Å². The van der Waals surface area contributed by atoms with Gasteiger partial charge in [0.05, 0.1) is 12.7 Å². The molecule has 1 saturated heterocycles. The summed E-state index contributed by atoms with van der Waals surface area (Å²) in [5, 5.41) is 2.96. The van der Waals surface area contributed by atoms with Gasteiger partial charge in [-0.15, -0.1) is 0 Å². The minimum atomic E-state index is -0.912. The number of ether oxygens (including phenoxy) is 1. The van der Waals surface area contributed by atoms with Crippen LogP contribution in [0.25, 0.3) is 0 Å². The van der Waals surface area contributed by atoms with E-state index in [9.17, 15) is 9.00 Å². The lowest BCUT2D eigenvalue weighted by molar-refractivity contribution is -0.0295. The van der Waals surface area contributed by atoms with E-state index < -0.39 is 10.8 Å². The van der Waals surface area contributed by atoms with Gasteiger partial charge in [-0.2, -0.15) is 0 Å². The monoisotopic (exact) mass is 352 g/mol. The van der Waals surface area contributed by atoms with Gasteiger partial charge >= 0.3 is 0 Å². The first-order valence-corrected chi connectivity index (χ1v) is 10.2. The summed E-state index contributed by atoms with van der Waals surface area (Å²) in [6, 6.07) is 7.32. The first-order chi connectivity index (χ1) is 11.4. The average molecular weight is 353 g/mol. The summed E-state index contributed by atoms with van der Waals surface area (Å²) in [4.78, 5) is 14.7. The predicted octanol–water partition coefficient (Wildman–Crippen LogP) is 1.65.